The van der Waals surface area contributed by atoms with E-state index in [4.69, 9.17) is 4.74 Å². The van der Waals surface area contributed by atoms with E-state index in [1.165, 1.54) is 35.3 Å². The maximum Gasteiger partial charge on any atom is 0.325 e. The Hall–Kier alpha value is -3.17. The van der Waals surface area contributed by atoms with Crippen molar-refractivity contribution >= 4 is 11.9 Å². The lowest BCUT2D eigenvalue weighted by Crippen LogP contribution is -2.56. The number of hydrogen-bond donors (Lipinski definition) is 1. The third-order valence-electron chi connectivity index (χ3n) is 9.24. The maximum absolute atomic E-state index is 14.4. The highest BCUT2D eigenvalue weighted by atomic mass is 16.5. The minimum Gasteiger partial charge on any atom is -0.381 e. The van der Waals surface area contributed by atoms with Crippen molar-refractivity contribution in [3.8, 4) is 6.07 Å². The molecule has 3 aliphatic carbocycles. The molecule has 0 bridgehead atoms. The molecule has 1 atom stereocenters. The highest BCUT2D eigenvalue weighted by molar-refractivity contribution is 6.08. The second-order valence-corrected chi connectivity index (χ2v) is 11.2. The van der Waals surface area contributed by atoms with Gasteiger partial charge in [-0.2, -0.15) is 5.26 Å². The second kappa shape index (κ2) is 8.74. The van der Waals surface area contributed by atoms with Crippen molar-refractivity contribution in [2.24, 2.45) is 11.3 Å². The van der Waals surface area contributed by atoms with E-state index in [9.17, 15) is 14.9 Å². The minimum atomic E-state index is -1.06. The van der Waals surface area contributed by atoms with Crippen LogP contribution in [0.1, 0.15) is 72.8 Å². The number of amides is 3. The van der Waals surface area contributed by atoms with Gasteiger partial charge in [0.05, 0.1) is 24.3 Å². The Morgan fingerprint density at radius 3 is 2.61 bits per heavy atom. The van der Waals surface area contributed by atoms with E-state index in [1.54, 1.807) is 19.2 Å². The number of carbonyl (C=O) groups excluding carboxylic acids is 2. The molecule has 1 aliphatic heterocycles. The van der Waals surface area contributed by atoms with Crippen molar-refractivity contribution in [3.05, 3.63) is 70.3 Å². The molecule has 2 spiro atoms. The minimum absolute atomic E-state index is 0.101. The Morgan fingerprint density at radius 1 is 1.11 bits per heavy atom. The normalized spacial score (nSPS) is 29.0. The predicted molar refractivity (Wildman–Crippen MR) is 135 cm³/mol. The van der Waals surface area contributed by atoms with Gasteiger partial charge in [-0.3, -0.25) is 9.69 Å². The zero-order chi connectivity index (χ0) is 24.9. The molecule has 36 heavy (non-hydrogen) atoms. The molecule has 1 heterocycles. The summed E-state index contributed by atoms with van der Waals surface area (Å²) in [6, 6.07) is 15.7. The molecule has 6 heteroatoms. The number of rotatable bonds is 6. The van der Waals surface area contributed by atoms with Gasteiger partial charge in [0, 0.05) is 12.5 Å². The van der Waals surface area contributed by atoms with E-state index >= 15 is 0 Å². The molecule has 3 fully saturated rings. The summed E-state index contributed by atoms with van der Waals surface area (Å²) < 4.78 is 5.66. The molecule has 2 saturated carbocycles. The first kappa shape index (κ1) is 23.2. The average molecular weight is 484 g/mol. The molecule has 186 valence electrons. The van der Waals surface area contributed by atoms with Gasteiger partial charge in [-0.05, 0) is 79.2 Å². The lowest BCUT2D eigenvalue weighted by Gasteiger charge is -2.46. The zero-order valence-corrected chi connectivity index (χ0v) is 20.9. The Kier molecular flexibility index (Phi) is 5.64. The van der Waals surface area contributed by atoms with Crippen LogP contribution < -0.4 is 5.32 Å². The highest BCUT2D eigenvalue weighted by Crippen LogP contribution is 2.60. The van der Waals surface area contributed by atoms with Crippen LogP contribution >= 0.6 is 0 Å². The molecule has 1 N–H and O–H groups in total. The van der Waals surface area contributed by atoms with Gasteiger partial charge in [0.15, 0.2) is 5.54 Å². The quantitative estimate of drug-likeness (QED) is 0.588. The number of methoxy groups -OCH3 is 1. The van der Waals surface area contributed by atoms with Gasteiger partial charge in [0.1, 0.15) is 0 Å². The van der Waals surface area contributed by atoms with Crippen molar-refractivity contribution in [2.45, 2.75) is 76.0 Å². The third-order valence-corrected chi connectivity index (χ3v) is 9.24. The van der Waals surface area contributed by atoms with Crippen LogP contribution in [-0.4, -0.2) is 30.1 Å². The summed E-state index contributed by atoms with van der Waals surface area (Å²) in [6.45, 7) is 0.101. The van der Waals surface area contributed by atoms with Gasteiger partial charge in [0.25, 0.3) is 5.91 Å². The molecule has 0 radical (unpaired) electrons. The number of aryl methyl sites for hydroxylation is 1. The first-order chi connectivity index (χ1) is 17.5. The number of ether oxygens (including phenoxy) is 1. The molecule has 3 amide bonds. The maximum atomic E-state index is 14.4. The number of carbonyl (C=O) groups is 2. The number of nitriles is 1. The highest BCUT2D eigenvalue weighted by Gasteiger charge is 2.68. The van der Waals surface area contributed by atoms with Crippen molar-refractivity contribution < 1.29 is 14.3 Å². The zero-order valence-electron chi connectivity index (χ0n) is 20.9. The SMILES string of the molecule is COC1CCC2(CC1)Cc1ccc(CCC3CC3)cc1C21NC(=O)N(Cc2ccccc2C#N)C1=O. The fourth-order valence-electron chi connectivity index (χ4n) is 6.97. The first-order valence-electron chi connectivity index (χ1n) is 13.3. The van der Waals surface area contributed by atoms with Crippen molar-refractivity contribution in [1.29, 1.82) is 5.26 Å². The van der Waals surface area contributed by atoms with Crippen LogP contribution in [0.3, 0.4) is 0 Å². The van der Waals surface area contributed by atoms with E-state index in [2.05, 4.69) is 29.6 Å². The number of hydrogen-bond acceptors (Lipinski definition) is 4. The largest absolute Gasteiger partial charge is 0.381 e. The second-order valence-electron chi connectivity index (χ2n) is 11.2. The Bertz CT molecular complexity index is 1250. The van der Waals surface area contributed by atoms with Crippen LogP contribution in [0.2, 0.25) is 0 Å². The first-order valence-corrected chi connectivity index (χ1v) is 13.3. The lowest BCUT2D eigenvalue weighted by molar-refractivity contribution is -0.139. The van der Waals surface area contributed by atoms with Crippen LogP contribution in [0.15, 0.2) is 42.5 Å². The summed E-state index contributed by atoms with van der Waals surface area (Å²) in [5.74, 6) is 0.667. The molecule has 6 rings (SSSR count). The van der Waals surface area contributed by atoms with E-state index in [1.807, 2.05) is 12.1 Å². The fraction of sp³-hybridized carbons (Fsp3) is 0.500. The van der Waals surface area contributed by atoms with Crippen LogP contribution in [0, 0.1) is 22.7 Å². The molecular formula is C30H33N3O3. The van der Waals surface area contributed by atoms with Gasteiger partial charge in [-0.15, -0.1) is 0 Å². The smallest absolute Gasteiger partial charge is 0.325 e. The molecule has 0 aromatic heterocycles. The molecular weight excluding hydrogens is 450 g/mol. The number of urea groups is 1. The van der Waals surface area contributed by atoms with E-state index in [0.717, 1.165) is 50.0 Å². The van der Waals surface area contributed by atoms with Gasteiger partial charge in [0.2, 0.25) is 0 Å². The van der Waals surface area contributed by atoms with E-state index in [-0.39, 0.29) is 30.0 Å². The van der Waals surface area contributed by atoms with Gasteiger partial charge in [-0.25, -0.2) is 4.79 Å². The van der Waals surface area contributed by atoms with Crippen molar-refractivity contribution in [1.82, 2.24) is 10.2 Å². The van der Waals surface area contributed by atoms with Gasteiger partial charge in [-0.1, -0.05) is 49.2 Å². The molecule has 2 aromatic carbocycles. The van der Waals surface area contributed by atoms with Gasteiger partial charge < -0.3 is 10.1 Å². The van der Waals surface area contributed by atoms with Crippen LogP contribution in [0.5, 0.6) is 0 Å². The predicted octanol–water partition coefficient (Wildman–Crippen LogP) is 4.98. The molecule has 4 aliphatic rings. The summed E-state index contributed by atoms with van der Waals surface area (Å²) in [6.07, 6.45) is 9.23. The Labute approximate surface area is 212 Å². The molecule has 6 nitrogen and oxygen atoms in total. The van der Waals surface area contributed by atoms with Gasteiger partial charge >= 0.3 is 6.03 Å². The van der Waals surface area contributed by atoms with E-state index < -0.39 is 5.54 Å². The summed E-state index contributed by atoms with van der Waals surface area (Å²) in [7, 11) is 1.75. The summed E-state index contributed by atoms with van der Waals surface area (Å²) >= 11 is 0. The number of imide groups is 1. The Balaban J connectivity index is 1.40. The summed E-state index contributed by atoms with van der Waals surface area (Å²) in [4.78, 5) is 29.3. The number of nitrogens with one attached hydrogen (secondary N) is 1. The summed E-state index contributed by atoms with van der Waals surface area (Å²) in [5.41, 5.74) is 3.16. The average Bonchev–Trinajstić information content (AvgIpc) is 3.66. The third kappa shape index (κ3) is 3.56. The standard InChI is InChI=1S/C30H33N3O3/c1-36-25-12-14-29(15-13-25)17-22-11-10-21(9-8-20-6-7-20)16-26(22)30(29)27(34)33(28(35)32-30)19-24-5-3-2-4-23(24)18-31/h2-5,10-11,16,20,25H,6-9,12-15,17,19H2,1H3,(H,32,35). The number of nitrogens with zero attached hydrogens (tertiary/aromatic N) is 2. The monoisotopic (exact) mass is 483 g/mol. The lowest BCUT2D eigenvalue weighted by atomic mass is 9.61. The van der Waals surface area contributed by atoms with Crippen molar-refractivity contribution in [3.63, 3.8) is 0 Å². The molecule has 1 saturated heterocycles. The summed E-state index contributed by atoms with van der Waals surface area (Å²) in [5, 5.41) is 12.8. The number of fused-ring (bicyclic) bond motifs is 3. The fourth-order valence-corrected chi connectivity index (χ4v) is 6.97. The van der Waals surface area contributed by atoms with Crippen molar-refractivity contribution in [2.75, 3.05) is 7.11 Å². The molecule has 2 aromatic rings. The van der Waals surface area contributed by atoms with E-state index in [0.29, 0.717) is 11.1 Å². The van der Waals surface area contributed by atoms with Crippen LogP contribution in [0.4, 0.5) is 4.79 Å². The van der Waals surface area contributed by atoms with Crippen LogP contribution in [-0.2, 0) is 34.5 Å². The number of benzene rings is 2. The topological polar surface area (TPSA) is 82.4 Å². The van der Waals surface area contributed by atoms with Crippen LogP contribution in [0.25, 0.3) is 0 Å². The Morgan fingerprint density at radius 2 is 1.89 bits per heavy atom. The molecule has 1 unspecified atom stereocenters.